The van der Waals surface area contributed by atoms with E-state index in [0.29, 0.717) is 0 Å². The van der Waals surface area contributed by atoms with E-state index < -0.39 is 0 Å². The Morgan fingerprint density at radius 2 is 2.04 bits per heavy atom. The van der Waals surface area contributed by atoms with Crippen LogP contribution in [0.2, 0.25) is 0 Å². The molecule has 1 aromatic carbocycles. The summed E-state index contributed by atoms with van der Waals surface area (Å²) in [6.07, 6.45) is 2.73. The van der Waals surface area contributed by atoms with Crippen LogP contribution in [0.15, 0.2) is 42.6 Å². The lowest BCUT2D eigenvalue weighted by molar-refractivity contribution is 0.205. The summed E-state index contributed by atoms with van der Waals surface area (Å²) >= 11 is 0. The minimum Gasteiger partial charge on any atom is -0.497 e. The molecule has 1 aliphatic heterocycles. The van der Waals surface area contributed by atoms with Gasteiger partial charge in [-0.25, -0.2) is 4.98 Å². The van der Waals surface area contributed by atoms with Gasteiger partial charge in [-0.2, -0.15) is 0 Å². The summed E-state index contributed by atoms with van der Waals surface area (Å²) in [7, 11) is 3.70. The van der Waals surface area contributed by atoms with E-state index in [9.17, 15) is 5.11 Å². The number of benzene rings is 1. The number of aliphatic hydroxyl groups excluding tert-OH is 1. The Kier molecular flexibility index (Phi) is 5.33. The highest BCUT2D eigenvalue weighted by Gasteiger charge is 2.23. The minimum absolute atomic E-state index is 0.0947. The zero-order valence-electron chi connectivity index (χ0n) is 14.4. The number of likely N-dealkylation sites (N-methyl/N-ethyl adjacent to an activating group) is 1. The quantitative estimate of drug-likeness (QED) is 0.934. The Bertz CT molecular complexity index is 660. The highest BCUT2D eigenvalue weighted by Crippen LogP contribution is 2.25. The number of ether oxygens (including phenoxy) is 1. The summed E-state index contributed by atoms with van der Waals surface area (Å²) in [5.41, 5.74) is 2.46. The third-order valence-corrected chi connectivity index (χ3v) is 4.70. The standard InChI is InChI=1S/C19H25N3O2/c1-21-17(14-23)9-11-22(13-16-4-3-10-20-19(16)21)12-15-5-7-18(24-2)8-6-15/h3-8,10,17,23H,9,11-14H2,1-2H3/t17-/m0/s1. The summed E-state index contributed by atoms with van der Waals surface area (Å²) in [5, 5.41) is 9.74. The van der Waals surface area contributed by atoms with Crippen LogP contribution >= 0.6 is 0 Å². The van der Waals surface area contributed by atoms with E-state index >= 15 is 0 Å². The maximum atomic E-state index is 9.74. The van der Waals surface area contributed by atoms with E-state index in [4.69, 9.17) is 4.74 Å². The van der Waals surface area contributed by atoms with Crippen LogP contribution in [-0.4, -0.2) is 48.3 Å². The molecule has 128 valence electrons. The second-order valence-corrected chi connectivity index (χ2v) is 6.28. The molecule has 1 atom stereocenters. The first kappa shape index (κ1) is 16.7. The number of fused-ring (bicyclic) bond motifs is 1. The first-order valence-electron chi connectivity index (χ1n) is 8.34. The van der Waals surface area contributed by atoms with Crippen molar-refractivity contribution in [1.29, 1.82) is 0 Å². The van der Waals surface area contributed by atoms with Crippen molar-refractivity contribution in [3.8, 4) is 5.75 Å². The van der Waals surface area contributed by atoms with Crippen LogP contribution in [0.3, 0.4) is 0 Å². The Labute approximate surface area is 143 Å². The minimum atomic E-state index is 0.0947. The molecular weight excluding hydrogens is 302 g/mol. The highest BCUT2D eigenvalue weighted by atomic mass is 16.5. The van der Waals surface area contributed by atoms with Gasteiger partial charge in [0.25, 0.3) is 0 Å². The van der Waals surface area contributed by atoms with Crippen molar-refractivity contribution >= 4 is 5.82 Å². The number of methoxy groups -OCH3 is 1. The summed E-state index contributed by atoms with van der Waals surface area (Å²) in [6.45, 7) is 2.82. The fourth-order valence-corrected chi connectivity index (χ4v) is 3.23. The van der Waals surface area contributed by atoms with Gasteiger partial charge in [-0.3, -0.25) is 4.90 Å². The number of anilines is 1. The van der Waals surface area contributed by atoms with Crippen molar-refractivity contribution in [3.63, 3.8) is 0 Å². The molecular formula is C19H25N3O2. The SMILES string of the molecule is COc1ccc(CN2CC[C@@H](CO)N(C)c3ncccc3C2)cc1. The normalized spacial score (nSPS) is 18.6. The van der Waals surface area contributed by atoms with E-state index in [0.717, 1.165) is 37.6 Å². The Morgan fingerprint density at radius 1 is 1.25 bits per heavy atom. The van der Waals surface area contributed by atoms with Gasteiger partial charge in [0.05, 0.1) is 19.8 Å². The molecule has 0 amide bonds. The molecule has 2 heterocycles. The smallest absolute Gasteiger partial charge is 0.133 e. The van der Waals surface area contributed by atoms with Crippen LogP contribution in [0.25, 0.3) is 0 Å². The number of rotatable bonds is 4. The third-order valence-electron chi connectivity index (χ3n) is 4.70. The van der Waals surface area contributed by atoms with Crippen molar-refractivity contribution in [1.82, 2.24) is 9.88 Å². The molecule has 1 aliphatic rings. The number of hydrogen-bond acceptors (Lipinski definition) is 5. The van der Waals surface area contributed by atoms with E-state index in [-0.39, 0.29) is 12.6 Å². The molecule has 0 saturated carbocycles. The third kappa shape index (κ3) is 3.68. The zero-order valence-corrected chi connectivity index (χ0v) is 14.4. The van der Waals surface area contributed by atoms with Crippen LogP contribution in [0, 0.1) is 0 Å². The fraction of sp³-hybridized carbons (Fsp3) is 0.421. The Hall–Kier alpha value is -2.11. The molecule has 24 heavy (non-hydrogen) atoms. The van der Waals surface area contributed by atoms with Crippen LogP contribution in [0.5, 0.6) is 5.75 Å². The largest absolute Gasteiger partial charge is 0.497 e. The molecule has 1 N–H and O–H groups in total. The Morgan fingerprint density at radius 3 is 2.75 bits per heavy atom. The van der Waals surface area contributed by atoms with Gasteiger partial charge >= 0.3 is 0 Å². The summed E-state index contributed by atoms with van der Waals surface area (Å²) in [6, 6.07) is 12.4. The first-order valence-corrected chi connectivity index (χ1v) is 8.34. The van der Waals surface area contributed by atoms with Gasteiger partial charge in [0.15, 0.2) is 0 Å². The maximum absolute atomic E-state index is 9.74. The second-order valence-electron chi connectivity index (χ2n) is 6.28. The van der Waals surface area contributed by atoms with Crippen molar-refractivity contribution in [2.24, 2.45) is 0 Å². The average molecular weight is 327 g/mol. The molecule has 0 bridgehead atoms. The van der Waals surface area contributed by atoms with Gasteiger partial charge < -0.3 is 14.7 Å². The van der Waals surface area contributed by atoms with Gasteiger partial charge in [0, 0.05) is 38.4 Å². The van der Waals surface area contributed by atoms with Crippen LogP contribution in [0.4, 0.5) is 5.82 Å². The van der Waals surface area contributed by atoms with E-state index in [1.807, 2.05) is 31.4 Å². The molecule has 2 aromatic rings. The number of aliphatic hydroxyl groups is 1. The van der Waals surface area contributed by atoms with E-state index in [1.165, 1.54) is 11.1 Å². The molecule has 0 fully saturated rings. The molecule has 0 aliphatic carbocycles. The average Bonchev–Trinajstić information content (AvgIpc) is 2.61. The van der Waals surface area contributed by atoms with Gasteiger partial charge in [0.1, 0.15) is 11.6 Å². The number of nitrogens with zero attached hydrogens (tertiary/aromatic N) is 3. The number of aromatic nitrogens is 1. The second kappa shape index (κ2) is 7.64. The predicted octanol–water partition coefficient (Wildman–Crippen LogP) is 2.29. The van der Waals surface area contributed by atoms with Gasteiger partial charge in [-0.05, 0) is 30.2 Å². The topological polar surface area (TPSA) is 48.8 Å². The lowest BCUT2D eigenvalue weighted by Crippen LogP contribution is -2.41. The lowest BCUT2D eigenvalue weighted by Gasteiger charge is -2.35. The first-order chi connectivity index (χ1) is 11.7. The van der Waals surface area contributed by atoms with Crippen LogP contribution in [-0.2, 0) is 13.1 Å². The van der Waals surface area contributed by atoms with Gasteiger partial charge in [-0.1, -0.05) is 18.2 Å². The highest BCUT2D eigenvalue weighted by molar-refractivity contribution is 5.47. The van der Waals surface area contributed by atoms with Crippen molar-refractivity contribution < 1.29 is 9.84 Å². The molecule has 5 heteroatoms. The lowest BCUT2D eigenvalue weighted by atomic mass is 10.1. The van der Waals surface area contributed by atoms with Crippen molar-refractivity contribution in [3.05, 3.63) is 53.7 Å². The monoisotopic (exact) mass is 327 g/mol. The van der Waals surface area contributed by atoms with Crippen molar-refractivity contribution in [2.75, 3.05) is 32.2 Å². The molecule has 0 spiro atoms. The molecule has 1 aromatic heterocycles. The summed E-state index contributed by atoms with van der Waals surface area (Å²) < 4.78 is 5.23. The van der Waals surface area contributed by atoms with Gasteiger partial charge in [0.2, 0.25) is 0 Å². The summed E-state index contributed by atoms with van der Waals surface area (Å²) in [5.74, 6) is 1.85. The van der Waals surface area contributed by atoms with Crippen LogP contribution in [0.1, 0.15) is 17.5 Å². The zero-order chi connectivity index (χ0) is 16.9. The maximum Gasteiger partial charge on any atom is 0.133 e. The van der Waals surface area contributed by atoms with Gasteiger partial charge in [-0.15, -0.1) is 0 Å². The number of hydrogen-bond donors (Lipinski definition) is 1. The van der Waals surface area contributed by atoms with Crippen molar-refractivity contribution in [2.45, 2.75) is 25.6 Å². The fourth-order valence-electron chi connectivity index (χ4n) is 3.23. The van der Waals surface area contributed by atoms with E-state index in [2.05, 4.69) is 33.0 Å². The predicted molar refractivity (Wildman–Crippen MR) is 95.2 cm³/mol. The van der Waals surface area contributed by atoms with E-state index in [1.54, 1.807) is 7.11 Å². The molecule has 0 unspecified atom stereocenters. The summed E-state index contributed by atoms with van der Waals surface area (Å²) in [4.78, 5) is 9.06. The molecule has 5 nitrogen and oxygen atoms in total. The number of pyridine rings is 1. The molecule has 0 saturated heterocycles. The Balaban J connectivity index is 1.81. The van der Waals surface area contributed by atoms with Crippen LogP contribution < -0.4 is 9.64 Å². The molecule has 0 radical (unpaired) electrons. The molecule has 3 rings (SSSR count).